The number of likely N-dealkylation sites (N-methyl/N-ethyl adjacent to an activating group) is 1. The molecule has 0 spiro atoms. The van der Waals surface area contributed by atoms with Crippen LogP contribution in [-0.4, -0.2) is 55.8 Å². The Morgan fingerprint density at radius 3 is 2.89 bits per heavy atom. The third-order valence-corrected chi connectivity index (χ3v) is 3.37. The molecule has 0 radical (unpaired) electrons. The van der Waals surface area contributed by atoms with Gasteiger partial charge >= 0.3 is 0 Å². The number of morpholine rings is 1. The minimum absolute atomic E-state index is 0.269. The molecule has 1 saturated heterocycles. The molecule has 18 heavy (non-hydrogen) atoms. The summed E-state index contributed by atoms with van der Waals surface area (Å²) in [5.74, 6) is -0.269. The first-order valence-corrected chi connectivity index (χ1v) is 6.31. The van der Waals surface area contributed by atoms with Crippen LogP contribution in [0.3, 0.4) is 0 Å². The van der Waals surface area contributed by atoms with Crippen LogP contribution in [0.4, 0.5) is 10.1 Å². The molecule has 1 aliphatic rings. The molecule has 0 bridgehead atoms. The number of rotatable bonds is 4. The Kier molecular flexibility index (Phi) is 4.49. The van der Waals surface area contributed by atoms with Gasteiger partial charge in [0.2, 0.25) is 0 Å². The van der Waals surface area contributed by atoms with Gasteiger partial charge in [0.1, 0.15) is 0 Å². The largest absolute Gasteiger partial charge is 0.379 e. The van der Waals surface area contributed by atoms with Gasteiger partial charge in [-0.1, -0.05) is 0 Å². The molecule has 100 valence electrons. The number of anilines is 1. The van der Waals surface area contributed by atoms with Crippen LogP contribution in [0, 0.1) is 5.82 Å². The second-order valence-corrected chi connectivity index (χ2v) is 4.70. The summed E-state index contributed by atoms with van der Waals surface area (Å²) >= 11 is 0. The van der Waals surface area contributed by atoms with E-state index in [4.69, 9.17) is 4.74 Å². The van der Waals surface area contributed by atoms with E-state index < -0.39 is 0 Å². The summed E-state index contributed by atoms with van der Waals surface area (Å²) in [6.45, 7) is 6.44. The SMILES string of the molecule is CC(CN(C)c1ccncc1F)N1CCOCC1. The molecule has 2 rings (SSSR count). The highest BCUT2D eigenvalue weighted by Crippen LogP contribution is 2.17. The highest BCUT2D eigenvalue weighted by Gasteiger charge is 2.19. The van der Waals surface area contributed by atoms with Gasteiger partial charge in [-0.25, -0.2) is 4.39 Å². The van der Waals surface area contributed by atoms with Crippen molar-refractivity contribution >= 4 is 5.69 Å². The lowest BCUT2D eigenvalue weighted by Crippen LogP contribution is -2.46. The summed E-state index contributed by atoms with van der Waals surface area (Å²) in [5, 5.41) is 0. The molecular formula is C13H20FN3O. The molecule has 1 fully saturated rings. The van der Waals surface area contributed by atoms with E-state index in [9.17, 15) is 4.39 Å². The molecular weight excluding hydrogens is 233 g/mol. The second-order valence-electron chi connectivity index (χ2n) is 4.70. The van der Waals surface area contributed by atoms with Crippen LogP contribution in [0.15, 0.2) is 18.5 Å². The second kappa shape index (κ2) is 6.11. The molecule has 0 saturated carbocycles. The minimum Gasteiger partial charge on any atom is -0.379 e. The molecule has 2 heterocycles. The van der Waals surface area contributed by atoms with Gasteiger partial charge in [0.25, 0.3) is 0 Å². The van der Waals surface area contributed by atoms with Crippen LogP contribution < -0.4 is 4.90 Å². The zero-order chi connectivity index (χ0) is 13.0. The van der Waals surface area contributed by atoms with E-state index in [-0.39, 0.29) is 5.82 Å². The van der Waals surface area contributed by atoms with Crippen LogP contribution in [0.5, 0.6) is 0 Å². The highest BCUT2D eigenvalue weighted by atomic mass is 19.1. The van der Waals surface area contributed by atoms with Gasteiger partial charge in [0.15, 0.2) is 5.82 Å². The van der Waals surface area contributed by atoms with E-state index in [1.165, 1.54) is 6.20 Å². The van der Waals surface area contributed by atoms with Crippen molar-refractivity contribution in [1.82, 2.24) is 9.88 Å². The number of hydrogen-bond acceptors (Lipinski definition) is 4. The predicted molar refractivity (Wildman–Crippen MR) is 69.3 cm³/mol. The number of ether oxygens (including phenoxy) is 1. The van der Waals surface area contributed by atoms with Gasteiger partial charge in [-0.3, -0.25) is 9.88 Å². The lowest BCUT2D eigenvalue weighted by atomic mass is 10.2. The molecule has 1 unspecified atom stereocenters. The summed E-state index contributed by atoms with van der Waals surface area (Å²) in [4.78, 5) is 8.08. The Balaban J connectivity index is 1.94. The third kappa shape index (κ3) is 3.17. The average molecular weight is 253 g/mol. The van der Waals surface area contributed by atoms with Crippen LogP contribution in [0.1, 0.15) is 6.92 Å². The van der Waals surface area contributed by atoms with Crippen LogP contribution in [0.2, 0.25) is 0 Å². The van der Waals surface area contributed by atoms with Crippen molar-refractivity contribution in [3.05, 3.63) is 24.3 Å². The fourth-order valence-corrected chi connectivity index (χ4v) is 2.31. The fourth-order valence-electron chi connectivity index (χ4n) is 2.31. The summed E-state index contributed by atoms with van der Waals surface area (Å²) in [6, 6.07) is 2.09. The van der Waals surface area contributed by atoms with Crippen molar-refractivity contribution in [2.75, 3.05) is 44.8 Å². The molecule has 1 aromatic rings. The first kappa shape index (κ1) is 13.2. The standard InChI is InChI=1S/C13H20FN3O/c1-11(17-5-7-18-8-6-17)10-16(2)13-3-4-15-9-12(13)14/h3-4,9,11H,5-8,10H2,1-2H3. The molecule has 4 nitrogen and oxygen atoms in total. The smallest absolute Gasteiger partial charge is 0.164 e. The zero-order valence-electron chi connectivity index (χ0n) is 11.0. The predicted octanol–water partition coefficient (Wildman–Crippen LogP) is 1.38. The maximum atomic E-state index is 13.6. The van der Waals surface area contributed by atoms with Crippen molar-refractivity contribution in [1.29, 1.82) is 0 Å². The van der Waals surface area contributed by atoms with Crippen LogP contribution in [0.25, 0.3) is 0 Å². The van der Waals surface area contributed by atoms with Crippen molar-refractivity contribution in [3.63, 3.8) is 0 Å². The number of nitrogens with zero attached hydrogens (tertiary/aromatic N) is 3. The lowest BCUT2D eigenvalue weighted by Gasteiger charge is -2.35. The quantitative estimate of drug-likeness (QED) is 0.810. The Hall–Kier alpha value is -1.20. The van der Waals surface area contributed by atoms with Gasteiger partial charge in [-0.15, -0.1) is 0 Å². The number of halogens is 1. The molecule has 0 aromatic carbocycles. The van der Waals surface area contributed by atoms with Crippen molar-refractivity contribution in [2.45, 2.75) is 13.0 Å². The van der Waals surface area contributed by atoms with E-state index in [1.807, 2.05) is 11.9 Å². The third-order valence-electron chi connectivity index (χ3n) is 3.37. The number of hydrogen-bond donors (Lipinski definition) is 0. The van der Waals surface area contributed by atoms with Crippen molar-refractivity contribution in [2.24, 2.45) is 0 Å². The Morgan fingerprint density at radius 2 is 2.22 bits per heavy atom. The molecule has 1 aliphatic heterocycles. The monoisotopic (exact) mass is 253 g/mol. The first-order chi connectivity index (χ1) is 8.68. The van der Waals surface area contributed by atoms with Crippen LogP contribution >= 0.6 is 0 Å². The first-order valence-electron chi connectivity index (χ1n) is 6.31. The molecule has 1 aromatic heterocycles. The fraction of sp³-hybridized carbons (Fsp3) is 0.615. The number of aromatic nitrogens is 1. The van der Waals surface area contributed by atoms with E-state index in [1.54, 1.807) is 12.3 Å². The Bertz CT molecular complexity index is 382. The van der Waals surface area contributed by atoms with Gasteiger partial charge in [-0.2, -0.15) is 0 Å². The number of pyridine rings is 1. The summed E-state index contributed by atoms with van der Waals surface area (Å²) in [7, 11) is 1.91. The molecule has 0 N–H and O–H groups in total. The van der Waals surface area contributed by atoms with Gasteiger partial charge in [-0.05, 0) is 13.0 Å². The van der Waals surface area contributed by atoms with Gasteiger partial charge < -0.3 is 9.64 Å². The normalized spacial score (nSPS) is 18.6. The Labute approximate surface area is 107 Å². The zero-order valence-corrected chi connectivity index (χ0v) is 11.0. The minimum atomic E-state index is -0.269. The maximum absolute atomic E-state index is 13.6. The van der Waals surface area contributed by atoms with Crippen LogP contribution in [-0.2, 0) is 4.74 Å². The average Bonchev–Trinajstić information content (AvgIpc) is 2.40. The molecule has 0 aliphatic carbocycles. The van der Waals surface area contributed by atoms with Gasteiger partial charge in [0.05, 0.1) is 25.1 Å². The summed E-state index contributed by atoms with van der Waals surface area (Å²) < 4.78 is 18.9. The molecule has 0 amide bonds. The van der Waals surface area contributed by atoms with Crippen molar-refractivity contribution in [3.8, 4) is 0 Å². The lowest BCUT2D eigenvalue weighted by molar-refractivity contribution is 0.0218. The van der Waals surface area contributed by atoms with E-state index in [0.29, 0.717) is 11.7 Å². The Morgan fingerprint density at radius 1 is 1.50 bits per heavy atom. The maximum Gasteiger partial charge on any atom is 0.164 e. The van der Waals surface area contributed by atoms with E-state index in [0.717, 1.165) is 32.8 Å². The van der Waals surface area contributed by atoms with E-state index >= 15 is 0 Å². The highest BCUT2D eigenvalue weighted by molar-refractivity contribution is 5.45. The topological polar surface area (TPSA) is 28.6 Å². The van der Waals surface area contributed by atoms with Gasteiger partial charge in [0, 0.05) is 38.9 Å². The van der Waals surface area contributed by atoms with Crippen molar-refractivity contribution < 1.29 is 9.13 Å². The molecule has 1 atom stereocenters. The summed E-state index contributed by atoms with van der Waals surface area (Å²) in [5.41, 5.74) is 0.602. The van der Waals surface area contributed by atoms with E-state index in [2.05, 4.69) is 16.8 Å². The summed E-state index contributed by atoms with van der Waals surface area (Å²) in [6.07, 6.45) is 2.87. The molecule has 5 heteroatoms.